The number of nitrogens with one attached hydrogen (secondary N) is 1. The average Bonchev–Trinajstić information content (AvgIpc) is 2.54. The second-order valence-corrected chi connectivity index (χ2v) is 5.88. The Bertz CT molecular complexity index is 854. The van der Waals surface area contributed by atoms with Gasteiger partial charge in [-0.3, -0.25) is 14.9 Å². The van der Waals surface area contributed by atoms with Gasteiger partial charge in [-0.05, 0) is 42.8 Å². The Kier molecular flexibility index (Phi) is 5.95. The van der Waals surface area contributed by atoms with Crippen molar-refractivity contribution in [3.05, 3.63) is 67.7 Å². The normalized spacial score (nSPS) is 10.2. The summed E-state index contributed by atoms with van der Waals surface area (Å²) in [5, 5.41) is 14.2. The van der Waals surface area contributed by atoms with Crippen LogP contribution >= 0.6 is 23.2 Å². The molecule has 0 saturated heterocycles. The molecule has 0 aliphatic rings. The first-order valence-corrected chi connectivity index (χ1v) is 7.70. The molecule has 0 heterocycles. The predicted molar refractivity (Wildman–Crippen MR) is 93.2 cm³/mol. The van der Waals surface area contributed by atoms with E-state index in [9.17, 15) is 19.7 Å². The van der Waals surface area contributed by atoms with Crippen LogP contribution in [-0.4, -0.2) is 23.4 Å². The lowest BCUT2D eigenvalue weighted by molar-refractivity contribution is -0.385. The number of nitrogens with zero attached hydrogens (tertiary/aromatic N) is 1. The van der Waals surface area contributed by atoms with Crippen LogP contribution in [0.3, 0.4) is 0 Å². The van der Waals surface area contributed by atoms with Gasteiger partial charge in [-0.15, -0.1) is 0 Å². The van der Waals surface area contributed by atoms with E-state index in [-0.39, 0.29) is 10.6 Å². The standard InChI is InChI=1S/C16H12Cl2N2O5/c1-9-6-10(17)2-4-13(9)19-15(21)8-25-16(22)12-7-11(18)3-5-14(12)20(23)24/h2-7H,8H2,1H3,(H,19,21). The average molecular weight is 383 g/mol. The summed E-state index contributed by atoms with van der Waals surface area (Å²) in [6, 6.07) is 8.37. The number of nitro benzene ring substituents is 1. The van der Waals surface area contributed by atoms with Crippen molar-refractivity contribution in [2.75, 3.05) is 11.9 Å². The van der Waals surface area contributed by atoms with Crippen molar-refractivity contribution in [3.63, 3.8) is 0 Å². The maximum Gasteiger partial charge on any atom is 0.345 e. The molecule has 2 aromatic carbocycles. The Morgan fingerprint density at radius 3 is 2.44 bits per heavy atom. The number of hydrogen-bond donors (Lipinski definition) is 1. The monoisotopic (exact) mass is 382 g/mol. The highest BCUT2D eigenvalue weighted by Gasteiger charge is 2.22. The minimum absolute atomic E-state index is 0.138. The molecule has 0 atom stereocenters. The molecule has 0 spiro atoms. The highest BCUT2D eigenvalue weighted by molar-refractivity contribution is 6.31. The van der Waals surface area contributed by atoms with E-state index in [2.05, 4.69) is 5.32 Å². The summed E-state index contributed by atoms with van der Waals surface area (Å²) in [4.78, 5) is 34.1. The van der Waals surface area contributed by atoms with Gasteiger partial charge in [-0.25, -0.2) is 4.79 Å². The fraction of sp³-hybridized carbons (Fsp3) is 0.125. The number of aryl methyl sites for hydroxylation is 1. The molecule has 0 aliphatic carbocycles. The van der Waals surface area contributed by atoms with Crippen LogP contribution in [-0.2, 0) is 9.53 Å². The van der Waals surface area contributed by atoms with E-state index >= 15 is 0 Å². The number of hydrogen-bond acceptors (Lipinski definition) is 5. The van der Waals surface area contributed by atoms with Crippen molar-refractivity contribution in [2.24, 2.45) is 0 Å². The number of ether oxygens (including phenoxy) is 1. The zero-order valence-corrected chi connectivity index (χ0v) is 14.4. The van der Waals surface area contributed by atoms with Crippen molar-refractivity contribution < 1.29 is 19.2 Å². The van der Waals surface area contributed by atoms with Gasteiger partial charge in [0.2, 0.25) is 0 Å². The molecule has 1 N–H and O–H groups in total. The third-order valence-corrected chi connectivity index (χ3v) is 3.64. The molecule has 7 nitrogen and oxygen atoms in total. The molecule has 0 fully saturated rings. The number of carbonyl (C=O) groups is 2. The van der Waals surface area contributed by atoms with Crippen LogP contribution < -0.4 is 5.32 Å². The van der Waals surface area contributed by atoms with Crippen molar-refractivity contribution in [2.45, 2.75) is 6.92 Å². The molecule has 2 rings (SSSR count). The summed E-state index contributed by atoms with van der Waals surface area (Å²) >= 11 is 11.6. The fourth-order valence-corrected chi connectivity index (χ4v) is 2.39. The van der Waals surface area contributed by atoms with E-state index in [0.29, 0.717) is 10.7 Å². The number of rotatable bonds is 5. The topological polar surface area (TPSA) is 98.5 Å². The molecule has 1 amide bonds. The molecule has 2 aromatic rings. The van der Waals surface area contributed by atoms with E-state index in [1.54, 1.807) is 25.1 Å². The van der Waals surface area contributed by atoms with Crippen LogP contribution in [0.5, 0.6) is 0 Å². The lowest BCUT2D eigenvalue weighted by Gasteiger charge is -2.09. The first-order valence-electron chi connectivity index (χ1n) is 6.95. The van der Waals surface area contributed by atoms with Crippen LogP contribution in [0, 0.1) is 17.0 Å². The molecule has 0 radical (unpaired) electrons. The van der Waals surface area contributed by atoms with E-state index in [1.807, 2.05) is 0 Å². The lowest BCUT2D eigenvalue weighted by atomic mass is 10.2. The van der Waals surface area contributed by atoms with Crippen LogP contribution in [0.25, 0.3) is 0 Å². The molecule has 9 heteroatoms. The minimum atomic E-state index is -1.02. The van der Waals surface area contributed by atoms with Gasteiger partial charge in [-0.2, -0.15) is 0 Å². The quantitative estimate of drug-likeness (QED) is 0.478. The lowest BCUT2D eigenvalue weighted by Crippen LogP contribution is -2.21. The summed E-state index contributed by atoms with van der Waals surface area (Å²) in [7, 11) is 0. The second kappa shape index (κ2) is 7.96. The van der Waals surface area contributed by atoms with Crippen LogP contribution in [0.4, 0.5) is 11.4 Å². The van der Waals surface area contributed by atoms with E-state index in [4.69, 9.17) is 27.9 Å². The molecular formula is C16H12Cl2N2O5. The van der Waals surface area contributed by atoms with Gasteiger partial charge in [0.15, 0.2) is 6.61 Å². The molecule has 0 bridgehead atoms. The van der Waals surface area contributed by atoms with Gasteiger partial charge in [0.25, 0.3) is 11.6 Å². The maximum absolute atomic E-state index is 12.0. The van der Waals surface area contributed by atoms with E-state index in [0.717, 1.165) is 17.7 Å². The van der Waals surface area contributed by atoms with E-state index < -0.39 is 29.1 Å². The van der Waals surface area contributed by atoms with Crippen LogP contribution in [0.1, 0.15) is 15.9 Å². The highest BCUT2D eigenvalue weighted by Crippen LogP contribution is 2.23. The van der Waals surface area contributed by atoms with Crippen molar-refractivity contribution in [1.82, 2.24) is 0 Å². The third-order valence-electron chi connectivity index (χ3n) is 3.17. The number of nitro groups is 1. The molecule has 0 aliphatic heterocycles. The number of esters is 1. The first-order chi connectivity index (χ1) is 11.8. The van der Waals surface area contributed by atoms with Crippen LogP contribution in [0.2, 0.25) is 10.0 Å². The second-order valence-electron chi connectivity index (χ2n) is 5.00. The molecule has 0 saturated carbocycles. The predicted octanol–water partition coefficient (Wildman–Crippen LogP) is 4.01. The number of benzene rings is 2. The minimum Gasteiger partial charge on any atom is -0.452 e. The van der Waals surface area contributed by atoms with Gasteiger partial charge < -0.3 is 10.1 Å². The summed E-state index contributed by atoms with van der Waals surface area (Å²) in [5.41, 5.74) is 0.466. The molecule has 0 aromatic heterocycles. The van der Waals surface area contributed by atoms with Gasteiger partial charge in [-0.1, -0.05) is 23.2 Å². The Hall–Kier alpha value is -2.64. The van der Waals surface area contributed by atoms with E-state index in [1.165, 1.54) is 6.07 Å². The van der Waals surface area contributed by atoms with Crippen molar-refractivity contribution in [1.29, 1.82) is 0 Å². The molecule has 0 unspecified atom stereocenters. The highest BCUT2D eigenvalue weighted by atomic mass is 35.5. The van der Waals surface area contributed by atoms with Gasteiger partial charge in [0.1, 0.15) is 5.56 Å². The van der Waals surface area contributed by atoms with Gasteiger partial charge in [0, 0.05) is 21.8 Å². The summed E-state index contributed by atoms with van der Waals surface area (Å²) in [6.45, 7) is 1.15. The molecule has 130 valence electrons. The van der Waals surface area contributed by atoms with Crippen molar-refractivity contribution in [3.8, 4) is 0 Å². The zero-order chi connectivity index (χ0) is 18.6. The summed E-state index contributed by atoms with van der Waals surface area (Å²) in [6.07, 6.45) is 0. The Balaban J connectivity index is 2.03. The SMILES string of the molecule is Cc1cc(Cl)ccc1NC(=O)COC(=O)c1cc(Cl)ccc1[N+](=O)[O-]. The smallest absolute Gasteiger partial charge is 0.345 e. The summed E-state index contributed by atoms with van der Waals surface area (Å²) in [5.74, 6) is -1.61. The Morgan fingerprint density at radius 2 is 1.80 bits per heavy atom. The van der Waals surface area contributed by atoms with Gasteiger partial charge in [0.05, 0.1) is 4.92 Å². The summed E-state index contributed by atoms with van der Waals surface area (Å²) < 4.78 is 4.83. The Labute approximate surface area is 152 Å². The largest absolute Gasteiger partial charge is 0.452 e. The number of carbonyl (C=O) groups excluding carboxylic acids is 2. The third kappa shape index (κ3) is 4.91. The maximum atomic E-state index is 12.0. The molecular weight excluding hydrogens is 371 g/mol. The first kappa shape index (κ1) is 18.7. The number of halogens is 2. The van der Waals surface area contributed by atoms with Crippen LogP contribution in [0.15, 0.2) is 36.4 Å². The van der Waals surface area contributed by atoms with Crippen molar-refractivity contribution >= 4 is 46.5 Å². The Morgan fingerprint density at radius 1 is 1.16 bits per heavy atom. The fourth-order valence-electron chi connectivity index (χ4n) is 1.99. The molecule has 25 heavy (non-hydrogen) atoms. The van der Waals surface area contributed by atoms with Gasteiger partial charge >= 0.3 is 5.97 Å². The number of anilines is 1. The number of amides is 1. The zero-order valence-electron chi connectivity index (χ0n) is 12.9.